The van der Waals surface area contributed by atoms with Gasteiger partial charge in [0, 0.05) is 0 Å². The molecule has 0 saturated carbocycles. The van der Waals surface area contributed by atoms with Crippen molar-refractivity contribution in [2.75, 3.05) is 33.4 Å². The Kier molecular flexibility index (Phi) is 4.38. The van der Waals surface area contributed by atoms with E-state index in [0.29, 0.717) is 38.4 Å². The molecule has 1 saturated heterocycles. The lowest BCUT2D eigenvalue weighted by molar-refractivity contribution is -1.07. The zero-order chi connectivity index (χ0) is 17.2. The molecule has 0 unspecified atom stereocenters. The van der Waals surface area contributed by atoms with Gasteiger partial charge in [-0.15, -0.1) is 4.65 Å². The summed E-state index contributed by atoms with van der Waals surface area (Å²) in [6, 6.07) is 1.30. The fraction of sp³-hybridized carbons (Fsp3) is 0.455. The molecule has 0 spiro atoms. The molecule has 0 atom stereocenters. The second kappa shape index (κ2) is 6.10. The average Bonchev–Trinajstić information content (AvgIpc) is 2.46. The zero-order valence-corrected chi connectivity index (χ0v) is 12.0. The second-order valence-corrected chi connectivity index (χ2v) is 5.03. The van der Waals surface area contributed by atoms with Crippen LogP contribution in [0.5, 0.6) is 5.75 Å². The van der Waals surface area contributed by atoms with Crippen LogP contribution in [0.3, 0.4) is 0 Å². The van der Waals surface area contributed by atoms with Crippen molar-refractivity contribution in [1.29, 1.82) is 0 Å². The molecule has 0 radical (unpaired) electrons. The number of hydroxylamine groups is 3. The maximum absolute atomic E-state index is 11.2. The standard InChI is InChI=1S/C11H13N4O8/c1-15(2-4-22-5-3-15)23-11-9(13(18)19)6-8(12(16)17)7-10(11)14(20)21/h6-7H,2-5H2,1H3/q+1. The highest BCUT2D eigenvalue weighted by molar-refractivity contribution is 5.65. The lowest BCUT2D eigenvalue weighted by Crippen LogP contribution is -2.54. The Hall–Kier alpha value is -2.86. The van der Waals surface area contributed by atoms with E-state index < -0.39 is 37.6 Å². The van der Waals surface area contributed by atoms with E-state index in [0.717, 1.165) is 0 Å². The highest BCUT2D eigenvalue weighted by atomic mass is 16.7. The van der Waals surface area contributed by atoms with E-state index in [1.807, 2.05) is 0 Å². The van der Waals surface area contributed by atoms with Crippen LogP contribution in [0.2, 0.25) is 0 Å². The number of nitro benzene ring substituents is 3. The fourth-order valence-corrected chi connectivity index (χ4v) is 2.10. The van der Waals surface area contributed by atoms with E-state index in [4.69, 9.17) is 9.57 Å². The summed E-state index contributed by atoms with van der Waals surface area (Å²) in [6.45, 7) is 1.30. The van der Waals surface area contributed by atoms with Gasteiger partial charge in [0.05, 0.1) is 40.1 Å². The maximum atomic E-state index is 11.2. The van der Waals surface area contributed by atoms with Gasteiger partial charge < -0.3 is 9.57 Å². The third-order valence-corrected chi connectivity index (χ3v) is 3.37. The number of nitrogens with zero attached hydrogens (tertiary/aromatic N) is 4. The van der Waals surface area contributed by atoms with Gasteiger partial charge in [-0.3, -0.25) is 30.3 Å². The molecule has 12 nitrogen and oxygen atoms in total. The van der Waals surface area contributed by atoms with Gasteiger partial charge in [-0.25, -0.2) is 0 Å². The summed E-state index contributed by atoms with van der Waals surface area (Å²) in [5.41, 5.74) is -2.39. The van der Waals surface area contributed by atoms with Crippen LogP contribution in [0.1, 0.15) is 0 Å². The van der Waals surface area contributed by atoms with Crippen LogP contribution in [0, 0.1) is 30.3 Å². The number of nitro groups is 3. The van der Waals surface area contributed by atoms with Gasteiger partial charge >= 0.3 is 17.1 Å². The summed E-state index contributed by atoms with van der Waals surface area (Å²) in [6.07, 6.45) is 0. The van der Waals surface area contributed by atoms with Crippen LogP contribution in [0.4, 0.5) is 17.1 Å². The van der Waals surface area contributed by atoms with Crippen molar-refractivity contribution < 1.29 is 29.0 Å². The summed E-state index contributed by atoms with van der Waals surface area (Å²) in [4.78, 5) is 35.8. The van der Waals surface area contributed by atoms with Gasteiger partial charge in [0.25, 0.3) is 5.69 Å². The van der Waals surface area contributed by atoms with Crippen LogP contribution in [-0.4, -0.2) is 52.8 Å². The van der Waals surface area contributed by atoms with Crippen LogP contribution in [0.25, 0.3) is 0 Å². The number of benzene rings is 1. The molecule has 0 aromatic heterocycles. The molecule has 0 aliphatic carbocycles. The summed E-state index contributed by atoms with van der Waals surface area (Å²) >= 11 is 0. The molecule has 1 aromatic carbocycles. The number of hydrogen-bond donors (Lipinski definition) is 0. The SMILES string of the molecule is C[N+]1(Oc2c([N+](=O)[O-])cc([N+](=O)[O-])cc2[N+](=O)[O-])CCOCC1. The first-order valence-corrected chi connectivity index (χ1v) is 6.46. The fourth-order valence-electron chi connectivity index (χ4n) is 2.10. The van der Waals surface area contributed by atoms with Crippen LogP contribution >= 0.6 is 0 Å². The van der Waals surface area contributed by atoms with E-state index in [9.17, 15) is 30.3 Å². The van der Waals surface area contributed by atoms with E-state index >= 15 is 0 Å². The molecular formula is C11H13N4O8+. The van der Waals surface area contributed by atoms with Crippen molar-refractivity contribution in [2.45, 2.75) is 0 Å². The predicted octanol–water partition coefficient (Wildman–Crippen LogP) is 1.18. The minimum atomic E-state index is -0.943. The van der Waals surface area contributed by atoms with Crippen LogP contribution in [-0.2, 0) is 4.74 Å². The molecule has 0 N–H and O–H groups in total. The van der Waals surface area contributed by atoms with E-state index in [2.05, 4.69) is 0 Å². The third kappa shape index (κ3) is 3.49. The highest BCUT2D eigenvalue weighted by Gasteiger charge is 2.39. The summed E-state index contributed by atoms with van der Waals surface area (Å²) < 4.78 is 4.99. The lowest BCUT2D eigenvalue weighted by atomic mass is 10.2. The quantitative estimate of drug-likeness (QED) is 0.444. The first kappa shape index (κ1) is 16.5. The Morgan fingerprint density at radius 3 is 1.87 bits per heavy atom. The minimum Gasteiger partial charge on any atom is -0.369 e. The van der Waals surface area contributed by atoms with Gasteiger partial charge in [0.2, 0.25) is 0 Å². The molecular weight excluding hydrogens is 316 g/mol. The van der Waals surface area contributed by atoms with Crippen molar-refractivity contribution in [2.24, 2.45) is 0 Å². The summed E-state index contributed by atoms with van der Waals surface area (Å²) in [5, 5.41) is 33.1. The smallest absolute Gasteiger partial charge is 0.344 e. The Labute approximate surface area is 128 Å². The summed E-state index contributed by atoms with van der Waals surface area (Å²) in [7, 11) is 1.59. The number of morpholine rings is 1. The van der Waals surface area contributed by atoms with E-state index in [1.165, 1.54) is 0 Å². The molecule has 1 aromatic rings. The highest BCUT2D eigenvalue weighted by Crippen LogP contribution is 2.41. The van der Waals surface area contributed by atoms with Gasteiger partial charge in [-0.2, -0.15) is 0 Å². The Balaban J connectivity index is 2.57. The summed E-state index contributed by atoms with van der Waals surface area (Å²) in [5.74, 6) is -0.602. The topological polar surface area (TPSA) is 148 Å². The third-order valence-electron chi connectivity index (χ3n) is 3.37. The molecule has 0 bridgehead atoms. The molecule has 1 aliphatic heterocycles. The van der Waals surface area contributed by atoms with Crippen molar-refractivity contribution in [3.05, 3.63) is 42.5 Å². The number of quaternary nitrogens is 1. The van der Waals surface area contributed by atoms with E-state index in [1.54, 1.807) is 7.05 Å². The minimum absolute atomic E-state index is 0.167. The Bertz CT molecular complexity index is 635. The van der Waals surface area contributed by atoms with Crippen molar-refractivity contribution in [3.8, 4) is 5.75 Å². The Morgan fingerprint density at radius 1 is 1.00 bits per heavy atom. The van der Waals surface area contributed by atoms with Gasteiger partial charge in [-0.05, 0) is 0 Å². The number of hydrogen-bond acceptors (Lipinski definition) is 8. The van der Waals surface area contributed by atoms with Crippen LogP contribution < -0.4 is 4.84 Å². The average molecular weight is 329 g/mol. The second-order valence-electron chi connectivity index (χ2n) is 5.03. The largest absolute Gasteiger partial charge is 0.369 e. The molecule has 2 rings (SSSR count). The number of non-ortho nitro benzene ring substituents is 1. The number of likely N-dealkylation sites (N-methyl/N-ethyl adjacent to an activating group) is 1. The van der Waals surface area contributed by atoms with Crippen molar-refractivity contribution >= 4 is 17.1 Å². The van der Waals surface area contributed by atoms with Crippen LogP contribution in [0.15, 0.2) is 12.1 Å². The van der Waals surface area contributed by atoms with Gasteiger partial charge in [0.15, 0.2) is 0 Å². The van der Waals surface area contributed by atoms with Gasteiger partial charge in [0.1, 0.15) is 20.1 Å². The predicted molar refractivity (Wildman–Crippen MR) is 73.8 cm³/mol. The molecule has 124 valence electrons. The normalized spacial score (nSPS) is 16.6. The molecule has 0 amide bonds. The lowest BCUT2D eigenvalue weighted by Gasteiger charge is -2.33. The molecule has 1 fully saturated rings. The molecule has 12 heteroatoms. The van der Waals surface area contributed by atoms with Crippen molar-refractivity contribution in [3.63, 3.8) is 0 Å². The molecule has 1 heterocycles. The Morgan fingerprint density at radius 2 is 1.48 bits per heavy atom. The maximum Gasteiger partial charge on any atom is 0.344 e. The van der Waals surface area contributed by atoms with Crippen molar-refractivity contribution in [1.82, 2.24) is 0 Å². The molecule has 23 heavy (non-hydrogen) atoms. The molecule has 1 aliphatic rings. The monoisotopic (exact) mass is 329 g/mol. The first-order chi connectivity index (χ1) is 10.7. The van der Waals surface area contributed by atoms with Gasteiger partial charge in [-0.1, -0.05) is 0 Å². The number of ether oxygens (including phenoxy) is 1. The zero-order valence-electron chi connectivity index (χ0n) is 12.0. The number of rotatable bonds is 5. The first-order valence-electron chi connectivity index (χ1n) is 6.46. The van der Waals surface area contributed by atoms with E-state index in [-0.39, 0.29) is 4.65 Å².